The molecule has 1 unspecified atom stereocenters. The molecule has 2 N–H and O–H groups in total. The zero-order valence-electron chi connectivity index (χ0n) is 17.6. The average Bonchev–Trinajstić information content (AvgIpc) is 3.14. The molecule has 1 atom stereocenters. The normalized spacial score (nSPS) is 21.1. The molecule has 2 aliphatic rings. The maximum Gasteiger partial charge on any atom is 0.573 e. The third-order valence-corrected chi connectivity index (χ3v) is 6.19. The lowest BCUT2D eigenvalue weighted by atomic mass is 9.78. The van der Waals surface area contributed by atoms with Crippen molar-refractivity contribution in [2.75, 3.05) is 10.6 Å². The van der Waals surface area contributed by atoms with Gasteiger partial charge in [-0.1, -0.05) is 19.3 Å². The molecule has 2 heterocycles. The number of benzene rings is 1. The van der Waals surface area contributed by atoms with Crippen molar-refractivity contribution in [2.24, 2.45) is 5.92 Å². The molecule has 0 saturated heterocycles. The standard InChI is InChI=1S/C22H27F3N4O2/c1-21(2)12-18(14-6-4-3-5-7-14)28-19-17(13-26-29(19)21)20(30)27-15-8-10-16(11-9-15)31-22(23,24)25/h8-11,13-14,18,28H,3-7,12H2,1-2H3,(H,27,30). The quantitative estimate of drug-likeness (QED) is 0.661. The van der Waals surface area contributed by atoms with Crippen LogP contribution < -0.4 is 15.4 Å². The van der Waals surface area contributed by atoms with Gasteiger partial charge in [0.05, 0.1) is 11.7 Å². The second-order valence-electron chi connectivity index (χ2n) is 9.01. The van der Waals surface area contributed by atoms with Crippen LogP contribution in [0.25, 0.3) is 0 Å². The van der Waals surface area contributed by atoms with Gasteiger partial charge in [-0.15, -0.1) is 13.2 Å². The van der Waals surface area contributed by atoms with E-state index in [9.17, 15) is 18.0 Å². The number of carbonyl (C=O) groups is 1. The van der Waals surface area contributed by atoms with Crippen molar-refractivity contribution in [1.29, 1.82) is 0 Å². The van der Waals surface area contributed by atoms with Crippen LogP contribution in [0.4, 0.5) is 24.7 Å². The van der Waals surface area contributed by atoms with Gasteiger partial charge in [0.2, 0.25) is 0 Å². The van der Waals surface area contributed by atoms with Gasteiger partial charge in [0.15, 0.2) is 0 Å². The summed E-state index contributed by atoms with van der Waals surface area (Å²) in [7, 11) is 0. The van der Waals surface area contributed by atoms with Crippen LogP contribution >= 0.6 is 0 Å². The fourth-order valence-corrected chi connectivity index (χ4v) is 4.72. The number of alkyl halides is 3. The Balaban J connectivity index is 1.51. The Hall–Kier alpha value is -2.71. The van der Waals surface area contributed by atoms with Crippen molar-refractivity contribution >= 4 is 17.4 Å². The monoisotopic (exact) mass is 436 g/mol. The van der Waals surface area contributed by atoms with Gasteiger partial charge >= 0.3 is 6.36 Å². The predicted octanol–water partition coefficient (Wildman–Crippen LogP) is 5.53. The maximum atomic E-state index is 12.9. The molecule has 4 rings (SSSR count). The number of ether oxygens (including phenoxy) is 1. The van der Waals surface area contributed by atoms with E-state index in [0.717, 1.165) is 18.6 Å². The summed E-state index contributed by atoms with van der Waals surface area (Å²) in [6.07, 6.45) is 3.87. The summed E-state index contributed by atoms with van der Waals surface area (Å²) >= 11 is 0. The Kier molecular flexibility index (Phi) is 5.61. The number of anilines is 2. The highest BCUT2D eigenvalue weighted by atomic mass is 19.4. The minimum atomic E-state index is -4.75. The lowest BCUT2D eigenvalue weighted by molar-refractivity contribution is -0.274. The highest BCUT2D eigenvalue weighted by Crippen LogP contribution is 2.39. The Labute approximate surface area is 179 Å². The number of rotatable bonds is 4. The molecule has 168 valence electrons. The Morgan fingerprint density at radius 1 is 1.19 bits per heavy atom. The number of halogens is 3. The summed E-state index contributed by atoms with van der Waals surface area (Å²) < 4.78 is 42.7. The van der Waals surface area contributed by atoms with Crippen LogP contribution in [-0.2, 0) is 5.54 Å². The van der Waals surface area contributed by atoms with Gasteiger partial charge in [0.25, 0.3) is 5.91 Å². The van der Waals surface area contributed by atoms with E-state index in [2.05, 4.69) is 34.3 Å². The van der Waals surface area contributed by atoms with Crippen molar-refractivity contribution in [1.82, 2.24) is 9.78 Å². The molecule has 1 aliphatic heterocycles. The first kappa shape index (κ1) is 21.5. The van der Waals surface area contributed by atoms with Crippen molar-refractivity contribution < 1.29 is 22.7 Å². The SMILES string of the molecule is CC1(C)CC(C2CCCCC2)Nc2c(C(=O)Nc3ccc(OC(F)(F)F)cc3)cnn21. The Morgan fingerprint density at radius 2 is 1.87 bits per heavy atom. The third kappa shape index (κ3) is 4.80. The van der Waals surface area contributed by atoms with Crippen molar-refractivity contribution in [3.63, 3.8) is 0 Å². The molecule has 0 spiro atoms. The van der Waals surface area contributed by atoms with Crippen LogP contribution in [0.15, 0.2) is 30.5 Å². The number of carbonyl (C=O) groups excluding carboxylic acids is 1. The molecule has 1 saturated carbocycles. The van der Waals surface area contributed by atoms with E-state index >= 15 is 0 Å². The predicted molar refractivity (Wildman–Crippen MR) is 111 cm³/mol. The third-order valence-electron chi connectivity index (χ3n) is 6.19. The van der Waals surface area contributed by atoms with E-state index in [1.165, 1.54) is 44.2 Å². The number of hydrogen-bond donors (Lipinski definition) is 2. The number of amides is 1. The van der Waals surface area contributed by atoms with Gasteiger partial charge < -0.3 is 15.4 Å². The van der Waals surface area contributed by atoms with Crippen molar-refractivity contribution in [3.05, 3.63) is 36.0 Å². The van der Waals surface area contributed by atoms with E-state index in [0.29, 0.717) is 23.0 Å². The first-order chi connectivity index (χ1) is 14.6. The van der Waals surface area contributed by atoms with E-state index < -0.39 is 6.36 Å². The summed E-state index contributed by atoms with van der Waals surface area (Å²) in [6.45, 7) is 4.25. The van der Waals surface area contributed by atoms with Crippen LogP contribution in [0, 0.1) is 5.92 Å². The lowest BCUT2D eigenvalue weighted by Crippen LogP contribution is -2.45. The molecule has 1 aliphatic carbocycles. The molecule has 31 heavy (non-hydrogen) atoms. The van der Waals surface area contributed by atoms with Crippen molar-refractivity contribution in [2.45, 2.75) is 70.3 Å². The number of aromatic nitrogens is 2. The van der Waals surface area contributed by atoms with Gasteiger partial charge in [-0.25, -0.2) is 4.68 Å². The van der Waals surface area contributed by atoms with Crippen LogP contribution in [0.1, 0.15) is 62.7 Å². The highest BCUT2D eigenvalue weighted by Gasteiger charge is 2.39. The summed E-state index contributed by atoms with van der Waals surface area (Å²) in [5, 5.41) is 10.8. The maximum absolute atomic E-state index is 12.9. The number of fused-ring (bicyclic) bond motifs is 1. The Morgan fingerprint density at radius 3 is 2.52 bits per heavy atom. The van der Waals surface area contributed by atoms with Gasteiger partial charge in [0, 0.05) is 11.7 Å². The molecular weight excluding hydrogens is 409 g/mol. The number of nitrogens with one attached hydrogen (secondary N) is 2. The molecule has 0 bridgehead atoms. The summed E-state index contributed by atoms with van der Waals surface area (Å²) in [4.78, 5) is 12.9. The van der Waals surface area contributed by atoms with E-state index in [-0.39, 0.29) is 23.2 Å². The molecule has 9 heteroatoms. The molecule has 2 aromatic rings. The minimum Gasteiger partial charge on any atom is -0.406 e. The van der Waals surface area contributed by atoms with Crippen molar-refractivity contribution in [3.8, 4) is 5.75 Å². The fraction of sp³-hybridized carbons (Fsp3) is 0.545. The summed E-state index contributed by atoms with van der Waals surface area (Å²) in [5.41, 5.74) is 0.570. The fourth-order valence-electron chi connectivity index (χ4n) is 4.72. The second kappa shape index (κ2) is 8.09. The average molecular weight is 436 g/mol. The van der Waals surface area contributed by atoms with Gasteiger partial charge in [-0.3, -0.25) is 4.79 Å². The highest BCUT2D eigenvalue weighted by molar-refractivity contribution is 6.07. The zero-order chi connectivity index (χ0) is 22.2. The first-order valence-corrected chi connectivity index (χ1v) is 10.6. The molecule has 1 aromatic carbocycles. The van der Waals surface area contributed by atoms with Gasteiger partial charge in [-0.05, 0) is 63.3 Å². The molecular formula is C22H27F3N4O2. The molecule has 6 nitrogen and oxygen atoms in total. The van der Waals surface area contributed by atoms with Crippen LogP contribution in [0.3, 0.4) is 0 Å². The molecule has 1 amide bonds. The summed E-state index contributed by atoms with van der Waals surface area (Å²) in [6, 6.07) is 5.35. The largest absolute Gasteiger partial charge is 0.573 e. The topological polar surface area (TPSA) is 68.2 Å². The van der Waals surface area contributed by atoms with Gasteiger partial charge in [0.1, 0.15) is 17.1 Å². The van der Waals surface area contributed by atoms with E-state index in [1.807, 2.05) is 4.68 Å². The lowest BCUT2D eigenvalue weighted by Gasteiger charge is -2.42. The molecule has 0 radical (unpaired) electrons. The number of nitrogens with zero attached hydrogens (tertiary/aromatic N) is 2. The second-order valence-corrected chi connectivity index (χ2v) is 9.01. The smallest absolute Gasteiger partial charge is 0.406 e. The molecule has 1 fully saturated rings. The first-order valence-electron chi connectivity index (χ1n) is 10.6. The summed E-state index contributed by atoms with van der Waals surface area (Å²) in [5.74, 6) is 0.570. The zero-order valence-corrected chi connectivity index (χ0v) is 17.6. The Bertz CT molecular complexity index is 931. The van der Waals surface area contributed by atoms with E-state index in [4.69, 9.17) is 0 Å². The van der Waals surface area contributed by atoms with Crippen LogP contribution in [-0.4, -0.2) is 28.1 Å². The number of hydrogen-bond acceptors (Lipinski definition) is 4. The van der Waals surface area contributed by atoms with Crippen LogP contribution in [0.2, 0.25) is 0 Å². The molecule has 1 aromatic heterocycles. The van der Waals surface area contributed by atoms with Gasteiger partial charge in [-0.2, -0.15) is 5.10 Å². The van der Waals surface area contributed by atoms with Crippen LogP contribution in [0.5, 0.6) is 5.75 Å². The van der Waals surface area contributed by atoms with E-state index in [1.54, 1.807) is 6.20 Å². The minimum absolute atomic E-state index is 0.224.